The Morgan fingerprint density at radius 3 is 2.73 bits per heavy atom. The van der Waals surface area contributed by atoms with Crippen LogP contribution in [0, 0.1) is 0 Å². The quantitative estimate of drug-likeness (QED) is 0.427. The number of carbonyl (C=O) groups excluding carboxylic acids is 1. The maximum Gasteiger partial charge on any atom is 0.240 e. The molecule has 1 amide bonds. The molecule has 2 heterocycles. The summed E-state index contributed by atoms with van der Waals surface area (Å²) in [7, 11) is 0. The number of carbonyl (C=O) groups is 1. The molecule has 0 bridgehead atoms. The van der Waals surface area contributed by atoms with Crippen molar-refractivity contribution >= 4 is 41.4 Å². The number of hydrogen-bond donors (Lipinski definition) is 1. The molecule has 1 aromatic heterocycles. The van der Waals surface area contributed by atoms with Gasteiger partial charge in [-0.2, -0.15) is 5.10 Å². The number of benzene rings is 1. The van der Waals surface area contributed by atoms with Gasteiger partial charge in [0.1, 0.15) is 5.76 Å². The number of anilines is 1. The summed E-state index contributed by atoms with van der Waals surface area (Å²) >= 11 is 7.46. The fourth-order valence-electron chi connectivity index (χ4n) is 2.71. The lowest BCUT2D eigenvalue weighted by Gasteiger charge is -2.25. The van der Waals surface area contributed by atoms with Crippen molar-refractivity contribution < 1.29 is 9.21 Å². The first-order chi connectivity index (χ1) is 12.7. The van der Waals surface area contributed by atoms with Gasteiger partial charge in [0.25, 0.3) is 0 Å². The molecule has 1 saturated heterocycles. The highest BCUT2D eigenvalue weighted by Crippen LogP contribution is 2.22. The van der Waals surface area contributed by atoms with Crippen molar-refractivity contribution in [1.29, 1.82) is 0 Å². The third kappa shape index (κ3) is 5.81. The maximum atomic E-state index is 11.8. The Balaban J connectivity index is 1.38. The molecule has 0 aliphatic carbocycles. The Labute approximate surface area is 162 Å². The van der Waals surface area contributed by atoms with Crippen LogP contribution in [0.4, 0.5) is 5.88 Å². The summed E-state index contributed by atoms with van der Waals surface area (Å²) in [5.74, 6) is 2.08. The molecule has 1 fully saturated rings. The van der Waals surface area contributed by atoms with E-state index >= 15 is 0 Å². The van der Waals surface area contributed by atoms with Gasteiger partial charge >= 0.3 is 0 Å². The molecular weight excluding hydrogens is 370 g/mol. The molecule has 5 nitrogen and oxygen atoms in total. The lowest BCUT2D eigenvalue weighted by Crippen LogP contribution is -2.28. The van der Waals surface area contributed by atoms with E-state index in [-0.39, 0.29) is 5.91 Å². The van der Waals surface area contributed by atoms with E-state index in [9.17, 15) is 4.79 Å². The number of hydrazone groups is 1. The first-order valence-electron chi connectivity index (χ1n) is 8.76. The van der Waals surface area contributed by atoms with Crippen LogP contribution in [0.2, 0.25) is 5.02 Å². The fourth-order valence-corrected chi connectivity index (χ4v) is 3.69. The predicted molar refractivity (Wildman–Crippen MR) is 107 cm³/mol. The second-order valence-electron chi connectivity index (χ2n) is 6.07. The maximum absolute atomic E-state index is 11.8. The fraction of sp³-hybridized carbons (Fsp3) is 0.368. The standard InChI is InChI=1S/C19H22ClN3O2S/c20-15-4-7-17(8-5-15)26-13-10-18(24)22-21-14-16-6-9-19(25-16)23-11-2-1-3-12-23/h4-9,14H,1-3,10-13H2,(H,22,24)/b21-14-. The highest BCUT2D eigenvalue weighted by atomic mass is 35.5. The van der Waals surface area contributed by atoms with Gasteiger partial charge in [-0.3, -0.25) is 4.79 Å². The van der Waals surface area contributed by atoms with Crippen LogP contribution in [0.15, 0.2) is 50.8 Å². The van der Waals surface area contributed by atoms with Crippen LogP contribution in [0.5, 0.6) is 0 Å². The number of amides is 1. The molecule has 138 valence electrons. The van der Waals surface area contributed by atoms with E-state index in [1.165, 1.54) is 25.5 Å². The van der Waals surface area contributed by atoms with Crippen molar-refractivity contribution in [2.75, 3.05) is 23.7 Å². The summed E-state index contributed by atoms with van der Waals surface area (Å²) in [4.78, 5) is 15.2. The van der Waals surface area contributed by atoms with Crippen molar-refractivity contribution in [3.05, 3.63) is 47.2 Å². The van der Waals surface area contributed by atoms with Gasteiger partial charge in [0.15, 0.2) is 5.88 Å². The summed E-state index contributed by atoms with van der Waals surface area (Å²) in [5.41, 5.74) is 2.54. The van der Waals surface area contributed by atoms with E-state index in [1.54, 1.807) is 11.8 Å². The molecule has 0 spiro atoms. The van der Waals surface area contributed by atoms with Gasteiger partial charge in [0.2, 0.25) is 5.91 Å². The second kappa shape index (κ2) is 9.69. The third-order valence-electron chi connectivity index (χ3n) is 4.07. The molecule has 7 heteroatoms. The van der Waals surface area contributed by atoms with Crippen molar-refractivity contribution in [2.45, 2.75) is 30.6 Å². The number of rotatable bonds is 7. The molecular formula is C19H22ClN3O2S. The topological polar surface area (TPSA) is 57.8 Å². The Kier molecular flexibility index (Phi) is 7.03. The number of thioether (sulfide) groups is 1. The highest BCUT2D eigenvalue weighted by molar-refractivity contribution is 7.99. The summed E-state index contributed by atoms with van der Waals surface area (Å²) < 4.78 is 5.76. The van der Waals surface area contributed by atoms with Gasteiger partial charge < -0.3 is 9.32 Å². The second-order valence-corrected chi connectivity index (χ2v) is 7.67. The molecule has 3 rings (SSSR count). The molecule has 1 N–H and O–H groups in total. The van der Waals surface area contributed by atoms with Crippen LogP contribution in [0.1, 0.15) is 31.4 Å². The van der Waals surface area contributed by atoms with Gasteiger partial charge in [0.05, 0.1) is 6.21 Å². The minimum absolute atomic E-state index is 0.120. The number of nitrogens with zero attached hydrogens (tertiary/aromatic N) is 2. The van der Waals surface area contributed by atoms with E-state index in [4.69, 9.17) is 16.0 Å². The molecule has 0 saturated carbocycles. The zero-order valence-electron chi connectivity index (χ0n) is 14.5. The minimum atomic E-state index is -0.120. The number of halogens is 1. The molecule has 0 atom stereocenters. The molecule has 26 heavy (non-hydrogen) atoms. The van der Waals surface area contributed by atoms with E-state index in [2.05, 4.69) is 15.4 Å². The normalized spacial score (nSPS) is 14.7. The van der Waals surface area contributed by atoms with Crippen LogP contribution >= 0.6 is 23.4 Å². The number of furan rings is 1. The lowest BCUT2D eigenvalue weighted by atomic mass is 10.1. The van der Waals surface area contributed by atoms with E-state index in [0.29, 0.717) is 23.0 Å². The van der Waals surface area contributed by atoms with Crippen LogP contribution in [0.25, 0.3) is 0 Å². The van der Waals surface area contributed by atoms with E-state index in [0.717, 1.165) is 23.9 Å². The van der Waals surface area contributed by atoms with Gasteiger partial charge in [0, 0.05) is 41.2 Å². The van der Waals surface area contributed by atoms with Crippen molar-refractivity contribution in [1.82, 2.24) is 5.43 Å². The van der Waals surface area contributed by atoms with Crippen LogP contribution < -0.4 is 10.3 Å². The molecule has 1 aliphatic heterocycles. The monoisotopic (exact) mass is 391 g/mol. The molecule has 1 aromatic carbocycles. The molecule has 2 aromatic rings. The molecule has 0 radical (unpaired) electrons. The summed E-state index contributed by atoms with van der Waals surface area (Å²) in [5, 5.41) is 4.68. The van der Waals surface area contributed by atoms with Crippen molar-refractivity contribution in [3.63, 3.8) is 0 Å². The Bertz CT molecular complexity index is 739. The summed E-state index contributed by atoms with van der Waals surface area (Å²) in [6.07, 6.45) is 5.62. The Morgan fingerprint density at radius 2 is 1.96 bits per heavy atom. The minimum Gasteiger partial charge on any atom is -0.440 e. The smallest absolute Gasteiger partial charge is 0.240 e. The van der Waals surface area contributed by atoms with E-state index in [1.807, 2.05) is 36.4 Å². The third-order valence-corrected chi connectivity index (χ3v) is 5.34. The SMILES string of the molecule is O=C(CCSc1ccc(Cl)cc1)N/N=C\c1ccc(N2CCCCC2)o1. The van der Waals surface area contributed by atoms with Gasteiger partial charge in [-0.25, -0.2) is 5.43 Å². The average molecular weight is 392 g/mol. The first kappa shape index (κ1) is 18.9. The zero-order valence-corrected chi connectivity index (χ0v) is 16.1. The summed E-state index contributed by atoms with van der Waals surface area (Å²) in [6, 6.07) is 11.4. The van der Waals surface area contributed by atoms with Gasteiger partial charge in [-0.15, -0.1) is 11.8 Å². The van der Waals surface area contributed by atoms with E-state index < -0.39 is 0 Å². The Hall–Kier alpha value is -1.92. The highest BCUT2D eigenvalue weighted by Gasteiger charge is 2.13. The molecule has 0 unspecified atom stereocenters. The predicted octanol–water partition coefficient (Wildman–Crippen LogP) is 4.56. The number of piperidine rings is 1. The van der Waals surface area contributed by atoms with Gasteiger partial charge in [-0.05, 0) is 49.6 Å². The van der Waals surface area contributed by atoms with Crippen LogP contribution in [-0.2, 0) is 4.79 Å². The average Bonchev–Trinajstić information content (AvgIpc) is 3.13. The van der Waals surface area contributed by atoms with Crippen molar-refractivity contribution in [2.24, 2.45) is 5.10 Å². The first-order valence-corrected chi connectivity index (χ1v) is 10.1. The largest absolute Gasteiger partial charge is 0.440 e. The van der Waals surface area contributed by atoms with Crippen molar-refractivity contribution in [3.8, 4) is 0 Å². The van der Waals surface area contributed by atoms with Crippen LogP contribution in [-0.4, -0.2) is 31.0 Å². The van der Waals surface area contributed by atoms with Crippen LogP contribution in [0.3, 0.4) is 0 Å². The molecule has 1 aliphatic rings. The zero-order chi connectivity index (χ0) is 18.2. The number of hydrogen-bond acceptors (Lipinski definition) is 5. The Morgan fingerprint density at radius 1 is 1.19 bits per heavy atom. The lowest BCUT2D eigenvalue weighted by molar-refractivity contribution is -0.120. The number of nitrogens with one attached hydrogen (secondary N) is 1. The van der Waals surface area contributed by atoms with Gasteiger partial charge in [-0.1, -0.05) is 11.6 Å². The summed E-state index contributed by atoms with van der Waals surface area (Å²) in [6.45, 7) is 2.07.